The van der Waals surface area contributed by atoms with E-state index in [-0.39, 0.29) is 5.56 Å². The first-order valence-corrected chi connectivity index (χ1v) is 9.01. The highest BCUT2D eigenvalue weighted by molar-refractivity contribution is 5.95. The monoisotopic (exact) mass is 389 g/mol. The molecule has 0 fully saturated rings. The van der Waals surface area contributed by atoms with Gasteiger partial charge in [-0.1, -0.05) is 13.8 Å². The highest BCUT2D eigenvalue weighted by Crippen LogP contribution is 2.29. The molecule has 0 bridgehead atoms. The highest BCUT2D eigenvalue weighted by Gasteiger charge is 2.15. The summed E-state index contributed by atoms with van der Waals surface area (Å²) in [6.45, 7) is 6.36. The minimum Gasteiger partial charge on any atom is -0.490 e. The van der Waals surface area contributed by atoms with Crippen LogP contribution in [0.2, 0.25) is 0 Å². The summed E-state index contributed by atoms with van der Waals surface area (Å²) in [7, 11) is 0. The standard InChI is InChI=1S/C21H24FNO5/c1-4-26-19-11-15(5-10-18(19)27-12-14(2)3)21(25)28-13-20(24)23-17-8-6-16(22)7-9-17/h5-11,14H,4,12-13H2,1-3H3,(H,23,24). The number of ether oxygens (including phenoxy) is 3. The van der Waals surface area contributed by atoms with Crippen molar-refractivity contribution < 1.29 is 28.2 Å². The minimum absolute atomic E-state index is 0.245. The molecule has 7 heteroatoms. The average Bonchev–Trinajstić information content (AvgIpc) is 2.67. The van der Waals surface area contributed by atoms with Crippen LogP contribution in [0.4, 0.5) is 10.1 Å². The molecule has 0 spiro atoms. The molecule has 1 amide bonds. The van der Waals surface area contributed by atoms with E-state index in [9.17, 15) is 14.0 Å². The summed E-state index contributed by atoms with van der Waals surface area (Å²) < 4.78 is 29.1. The molecule has 0 saturated carbocycles. The van der Waals surface area contributed by atoms with Gasteiger partial charge in [-0.15, -0.1) is 0 Å². The van der Waals surface area contributed by atoms with E-state index in [2.05, 4.69) is 5.32 Å². The van der Waals surface area contributed by atoms with Crippen molar-refractivity contribution in [2.45, 2.75) is 20.8 Å². The number of benzene rings is 2. The minimum atomic E-state index is -0.661. The normalized spacial score (nSPS) is 10.5. The van der Waals surface area contributed by atoms with Crippen LogP contribution in [0.1, 0.15) is 31.1 Å². The van der Waals surface area contributed by atoms with Crippen LogP contribution in [0.25, 0.3) is 0 Å². The maximum absolute atomic E-state index is 12.9. The van der Waals surface area contributed by atoms with Crippen molar-refractivity contribution in [2.24, 2.45) is 5.92 Å². The molecular formula is C21H24FNO5. The number of amides is 1. The maximum atomic E-state index is 12.9. The fourth-order valence-electron chi connectivity index (χ4n) is 2.22. The fourth-order valence-corrected chi connectivity index (χ4v) is 2.22. The first kappa shape index (κ1) is 21.2. The molecule has 2 rings (SSSR count). The van der Waals surface area contributed by atoms with Gasteiger partial charge in [-0.2, -0.15) is 0 Å². The van der Waals surface area contributed by atoms with E-state index in [4.69, 9.17) is 14.2 Å². The van der Waals surface area contributed by atoms with Crippen LogP contribution in [0.15, 0.2) is 42.5 Å². The fraction of sp³-hybridized carbons (Fsp3) is 0.333. The van der Waals surface area contributed by atoms with Crippen LogP contribution in [-0.4, -0.2) is 31.7 Å². The Morgan fingerprint density at radius 1 is 1.04 bits per heavy atom. The van der Waals surface area contributed by atoms with Gasteiger partial charge in [0, 0.05) is 5.69 Å². The van der Waals surface area contributed by atoms with E-state index < -0.39 is 24.3 Å². The summed E-state index contributed by atoms with van der Waals surface area (Å²) in [5.74, 6) is -0.268. The molecule has 0 unspecified atom stereocenters. The van der Waals surface area contributed by atoms with E-state index >= 15 is 0 Å². The lowest BCUT2D eigenvalue weighted by atomic mass is 10.2. The zero-order valence-electron chi connectivity index (χ0n) is 16.2. The van der Waals surface area contributed by atoms with Gasteiger partial charge in [0.25, 0.3) is 5.91 Å². The van der Waals surface area contributed by atoms with Gasteiger partial charge in [0.2, 0.25) is 0 Å². The summed E-state index contributed by atoms with van der Waals surface area (Å²) in [5.41, 5.74) is 0.655. The highest BCUT2D eigenvalue weighted by atomic mass is 19.1. The summed E-state index contributed by atoms with van der Waals surface area (Å²) in [6.07, 6.45) is 0. The molecule has 0 aliphatic carbocycles. The molecule has 0 aromatic heterocycles. The van der Waals surface area contributed by atoms with Crippen molar-refractivity contribution in [1.29, 1.82) is 0 Å². The van der Waals surface area contributed by atoms with E-state index in [0.29, 0.717) is 36.3 Å². The third-order valence-electron chi connectivity index (χ3n) is 3.51. The van der Waals surface area contributed by atoms with Crippen molar-refractivity contribution >= 4 is 17.6 Å². The molecule has 150 valence electrons. The largest absolute Gasteiger partial charge is 0.490 e. The van der Waals surface area contributed by atoms with Crippen LogP contribution >= 0.6 is 0 Å². The quantitative estimate of drug-likeness (QED) is 0.655. The van der Waals surface area contributed by atoms with Gasteiger partial charge in [-0.3, -0.25) is 4.79 Å². The van der Waals surface area contributed by atoms with Crippen molar-refractivity contribution in [1.82, 2.24) is 0 Å². The molecule has 0 radical (unpaired) electrons. The number of carbonyl (C=O) groups excluding carboxylic acids is 2. The second-order valence-corrected chi connectivity index (χ2v) is 6.43. The molecule has 0 heterocycles. The maximum Gasteiger partial charge on any atom is 0.338 e. The van der Waals surface area contributed by atoms with Gasteiger partial charge in [0.1, 0.15) is 5.82 Å². The molecule has 28 heavy (non-hydrogen) atoms. The molecule has 6 nitrogen and oxygen atoms in total. The Kier molecular flexibility index (Phi) is 7.80. The predicted octanol–water partition coefficient (Wildman–Crippen LogP) is 4.05. The molecule has 0 atom stereocenters. The van der Waals surface area contributed by atoms with Crippen LogP contribution in [-0.2, 0) is 9.53 Å². The van der Waals surface area contributed by atoms with Crippen LogP contribution in [0.3, 0.4) is 0 Å². The Hall–Kier alpha value is -3.09. The van der Waals surface area contributed by atoms with Crippen molar-refractivity contribution in [3.8, 4) is 11.5 Å². The van der Waals surface area contributed by atoms with Gasteiger partial charge in [-0.05, 0) is 55.3 Å². The summed E-state index contributed by atoms with van der Waals surface area (Å²) in [6, 6.07) is 10.00. The Balaban J connectivity index is 1.95. The molecule has 0 aliphatic rings. The average molecular weight is 389 g/mol. The summed E-state index contributed by atoms with van der Waals surface area (Å²) >= 11 is 0. The number of halogens is 1. The van der Waals surface area contributed by atoms with E-state index in [0.717, 1.165) is 0 Å². The molecule has 0 aliphatic heterocycles. The van der Waals surface area contributed by atoms with E-state index in [1.165, 1.54) is 30.3 Å². The second kappa shape index (κ2) is 10.3. The third kappa shape index (κ3) is 6.57. The molecule has 1 N–H and O–H groups in total. The first-order valence-electron chi connectivity index (χ1n) is 9.01. The van der Waals surface area contributed by atoms with Gasteiger partial charge in [0.05, 0.1) is 18.8 Å². The Morgan fingerprint density at radius 2 is 1.75 bits per heavy atom. The number of rotatable bonds is 9. The first-order chi connectivity index (χ1) is 13.4. The van der Waals surface area contributed by atoms with Gasteiger partial charge in [0.15, 0.2) is 18.1 Å². The van der Waals surface area contributed by atoms with Gasteiger partial charge >= 0.3 is 5.97 Å². The topological polar surface area (TPSA) is 73.9 Å². The third-order valence-corrected chi connectivity index (χ3v) is 3.51. The van der Waals surface area contributed by atoms with Crippen LogP contribution < -0.4 is 14.8 Å². The van der Waals surface area contributed by atoms with Crippen molar-refractivity contribution in [3.05, 3.63) is 53.8 Å². The molecule has 2 aromatic carbocycles. The van der Waals surface area contributed by atoms with Crippen molar-refractivity contribution in [3.63, 3.8) is 0 Å². The Morgan fingerprint density at radius 3 is 2.39 bits per heavy atom. The van der Waals surface area contributed by atoms with E-state index in [1.807, 2.05) is 20.8 Å². The number of nitrogens with one attached hydrogen (secondary N) is 1. The molecular weight excluding hydrogens is 365 g/mol. The zero-order chi connectivity index (χ0) is 20.5. The summed E-state index contributed by atoms with van der Waals surface area (Å²) in [5, 5.41) is 2.52. The second-order valence-electron chi connectivity index (χ2n) is 6.43. The predicted molar refractivity (Wildman–Crippen MR) is 103 cm³/mol. The number of anilines is 1. The lowest BCUT2D eigenvalue weighted by Crippen LogP contribution is -2.21. The van der Waals surface area contributed by atoms with Crippen LogP contribution in [0, 0.1) is 11.7 Å². The number of hydrogen-bond donors (Lipinski definition) is 1. The van der Waals surface area contributed by atoms with Crippen LogP contribution in [0.5, 0.6) is 11.5 Å². The Labute approximate surface area is 163 Å². The lowest BCUT2D eigenvalue weighted by molar-refractivity contribution is -0.119. The molecule has 2 aromatic rings. The van der Waals surface area contributed by atoms with Crippen molar-refractivity contribution in [2.75, 3.05) is 25.1 Å². The molecule has 0 saturated heterocycles. The Bertz CT molecular complexity index is 805. The zero-order valence-corrected chi connectivity index (χ0v) is 16.2. The van der Waals surface area contributed by atoms with E-state index in [1.54, 1.807) is 12.1 Å². The van der Waals surface area contributed by atoms with Gasteiger partial charge < -0.3 is 19.5 Å². The number of hydrogen-bond acceptors (Lipinski definition) is 5. The number of esters is 1. The lowest BCUT2D eigenvalue weighted by Gasteiger charge is -2.14. The number of carbonyl (C=O) groups is 2. The smallest absolute Gasteiger partial charge is 0.338 e. The SMILES string of the molecule is CCOc1cc(C(=O)OCC(=O)Nc2ccc(F)cc2)ccc1OCC(C)C. The summed E-state index contributed by atoms with van der Waals surface area (Å²) in [4.78, 5) is 24.1. The van der Waals surface area contributed by atoms with Gasteiger partial charge in [-0.25, -0.2) is 9.18 Å².